The lowest BCUT2D eigenvalue weighted by atomic mass is 10.3. The van der Waals surface area contributed by atoms with Crippen LogP contribution in [0.15, 0.2) is 61.1 Å². The second-order valence-corrected chi connectivity index (χ2v) is 4.83. The van der Waals surface area contributed by atoms with E-state index in [1.54, 1.807) is 19.5 Å². The van der Waals surface area contributed by atoms with E-state index in [4.69, 9.17) is 4.74 Å². The number of benzene rings is 1. The van der Waals surface area contributed by atoms with Crippen LogP contribution in [0.25, 0.3) is 0 Å². The van der Waals surface area contributed by atoms with Crippen molar-refractivity contribution in [2.24, 2.45) is 0 Å². The minimum atomic E-state index is 0.534. The Morgan fingerprint density at radius 1 is 1.04 bits per heavy atom. The predicted octanol–water partition coefficient (Wildman–Crippen LogP) is 3.24. The molecular formula is C17H17N5O. The van der Waals surface area contributed by atoms with E-state index in [1.165, 1.54) is 0 Å². The molecule has 2 heterocycles. The fourth-order valence-electron chi connectivity index (χ4n) is 2.02. The van der Waals surface area contributed by atoms with Crippen molar-refractivity contribution in [3.05, 3.63) is 66.6 Å². The van der Waals surface area contributed by atoms with Gasteiger partial charge in [0.05, 0.1) is 7.11 Å². The van der Waals surface area contributed by atoms with E-state index in [2.05, 4.69) is 25.6 Å². The summed E-state index contributed by atoms with van der Waals surface area (Å²) in [4.78, 5) is 12.8. The van der Waals surface area contributed by atoms with Crippen LogP contribution in [0.3, 0.4) is 0 Å². The van der Waals surface area contributed by atoms with Gasteiger partial charge in [0.2, 0.25) is 5.95 Å². The van der Waals surface area contributed by atoms with Crippen molar-refractivity contribution in [1.29, 1.82) is 0 Å². The van der Waals surface area contributed by atoms with Gasteiger partial charge in [0.25, 0.3) is 0 Å². The molecule has 0 atom stereocenters. The molecule has 0 spiro atoms. The predicted molar refractivity (Wildman–Crippen MR) is 89.9 cm³/mol. The largest absolute Gasteiger partial charge is 0.497 e. The first-order valence-corrected chi connectivity index (χ1v) is 7.20. The SMILES string of the molecule is COc1ccc(Nc2nccc(NCc3cccnc3)n2)cc1. The molecule has 2 N–H and O–H groups in total. The van der Waals surface area contributed by atoms with Gasteiger partial charge in [0, 0.05) is 30.8 Å². The Hall–Kier alpha value is -3.15. The van der Waals surface area contributed by atoms with Crippen LogP contribution in [0.5, 0.6) is 5.75 Å². The fraction of sp³-hybridized carbons (Fsp3) is 0.118. The molecule has 1 aromatic carbocycles. The van der Waals surface area contributed by atoms with Crippen LogP contribution in [0.2, 0.25) is 0 Å². The zero-order valence-corrected chi connectivity index (χ0v) is 12.7. The van der Waals surface area contributed by atoms with Crippen molar-refractivity contribution >= 4 is 17.5 Å². The van der Waals surface area contributed by atoms with Gasteiger partial charge in [0.1, 0.15) is 11.6 Å². The minimum Gasteiger partial charge on any atom is -0.497 e. The number of pyridine rings is 1. The number of hydrogen-bond acceptors (Lipinski definition) is 6. The molecule has 116 valence electrons. The first kappa shape index (κ1) is 14.8. The van der Waals surface area contributed by atoms with Crippen LogP contribution in [-0.4, -0.2) is 22.1 Å². The minimum absolute atomic E-state index is 0.534. The molecule has 6 nitrogen and oxygen atoms in total. The molecule has 0 bridgehead atoms. The van der Waals surface area contributed by atoms with Gasteiger partial charge < -0.3 is 15.4 Å². The Labute approximate surface area is 134 Å². The Morgan fingerprint density at radius 3 is 2.65 bits per heavy atom. The molecule has 0 amide bonds. The summed E-state index contributed by atoms with van der Waals surface area (Å²) in [5.41, 5.74) is 1.99. The fourth-order valence-corrected chi connectivity index (χ4v) is 2.02. The van der Waals surface area contributed by atoms with Gasteiger partial charge in [-0.15, -0.1) is 0 Å². The molecule has 23 heavy (non-hydrogen) atoms. The number of nitrogens with zero attached hydrogens (tertiary/aromatic N) is 3. The summed E-state index contributed by atoms with van der Waals surface area (Å²) in [6, 6.07) is 13.3. The number of methoxy groups -OCH3 is 1. The molecule has 3 rings (SSSR count). The molecule has 0 saturated carbocycles. The third-order valence-electron chi connectivity index (χ3n) is 3.20. The highest BCUT2D eigenvalue weighted by Crippen LogP contribution is 2.18. The molecule has 6 heteroatoms. The summed E-state index contributed by atoms with van der Waals surface area (Å²) in [6.45, 7) is 0.660. The Kier molecular flexibility index (Phi) is 4.63. The highest BCUT2D eigenvalue weighted by Gasteiger charge is 2.01. The Balaban J connectivity index is 1.64. The Morgan fingerprint density at radius 2 is 1.91 bits per heavy atom. The molecule has 2 aromatic heterocycles. The quantitative estimate of drug-likeness (QED) is 0.728. The molecule has 0 aliphatic rings. The zero-order valence-electron chi connectivity index (χ0n) is 12.7. The van der Waals surface area contributed by atoms with Crippen molar-refractivity contribution in [3.63, 3.8) is 0 Å². The number of nitrogens with one attached hydrogen (secondary N) is 2. The molecule has 0 aliphatic heterocycles. The average Bonchev–Trinajstić information content (AvgIpc) is 2.62. The van der Waals surface area contributed by atoms with E-state index in [-0.39, 0.29) is 0 Å². The van der Waals surface area contributed by atoms with Crippen LogP contribution < -0.4 is 15.4 Å². The van der Waals surface area contributed by atoms with E-state index in [0.717, 1.165) is 22.8 Å². The monoisotopic (exact) mass is 307 g/mol. The van der Waals surface area contributed by atoms with Gasteiger partial charge in [-0.2, -0.15) is 4.98 Å². The molecular weight excluding hydrogens is 290 g/mol. The van der Waals surface area contributed by atoms with Gasteiger partial charge in [-0.3, -0.25) is 4.98 Å². The molecule has 0 radical (unpaired) electrons. The maximum absolute atomic E-state index is 5.14. The third kappa shape index (κ3) is 4.16. The van der Waals surface area contributed by atoms with Crippen LogP contribution in [0, 0.1) is 0 Å². The lowest BCUT2D eigenvalue weighted by Gasteiger charge is -2.09. The van der Waals surface area contributed by atoms with Gasteiger partial charge in [-0.05, 0) is 42.0 Å². The summed E-state index contributed by atoms with van der Waals surface area (Å²) in [7, 11) is 1.64. The summed E-state index contributed by atoms with van der Waals surface area (Å²) >= 11 is 0. The molecule has 0 saturated heterocycles. The summed E-state index contributed by atoms with van der Waals surface area (Å²) in [5, 5.41) is 6.42. The zero-order chi connectivity index (χ0) is 15.9. The summed E-state index contributed by atoms with van der Waals surface area (Å²) in [5.74, 6) is 2.09. The van der Waals surface area contributed by atoms with Crippen molar-refractivity contribution in [2.75, 3.05) is 17.7 Å². The van der Waals surface area contributed by atoms with E-state index in [9.17, 15) is 0 Å². The summed E-state index contributed by atoms with van der Waals surface area (Å²) in [6.07, 6.45) is 5.29. The van der Waals surface area contributed by atoms with E-state index in [1.807, 2.05) is 48.7 Å². The van der Waals surface area contributed by atoms with Crippen molar-refractivity contribution in [2.45, 2.75) is 6.54 Å². The lowest BCUT2D eigenvalue weighted by molar-refractivity contribution is 0.415. The molecule has 3 aromatic rings. The normalized spacial score (nSPS) is 10.1. The van der Waals surface area contributed by atoms with Crippen molar-refractivity contribution in [3.8, 4) is 5.75 Å². The number of anilines is 3. The van der Waals surface area contributed by atoms with Crippen LogP contribution in [0.4, 0.5) is 17.5 Å². The lowest BCUT2D eigenvalue weighted by Crippen LogP contribution is -2.04. The van der Waals surface area contributed by atoms with E-state index < -0.39 is 0 Å². The molecule has 0 aliphatic carbocycles. The third-order valence-corrected chi connectivity index (χ3v) is 3.20. The Bertz CT molecular complexity index is 746. The van der Waals surface area contributed by atoms with E-state index in [0.29, 0.717) is 12.5 Å². The number of rotatable bonds is 6. The highest BCUT2D eigenvalue weighted by atomic mass is 16.5. The number of hydrogen-bond donors (Lipinski definition) is 2. The van der Waals surface area contributed by atoms with Gasteiger partial charge >= 0.3 is 0 Å². The van der Waals surface area contributed by atoms with Crippen LogP contribution in [-0.2, 0) is 6.54 Å². The maximum Gasteiger partial charge on any atom is 0.229 e. The van der Waals surface area contributed by atoms with Gasteiger partial charge in [0.15, 0.2) is 0 Å². The van der Waals surface area contributed by atoms with Crippen LogP contribution >= 0.6 is 0 Å². The van der Waals surface area contributed by atoms with Crippen molar-refractivity contribution in [1.82, 2.24) is 15.0 Å². The number of aromatic nitrogens is 3. The second-order valence-electron chi connectivity index (χ2n) is 4.83. The van der Waals surface area contributed by atoms with Crippen LogP contribution in [0.1, 0.15) is 5.56 Å². The van der Waals surface area contributed by atoms with Crippen molar-refractivity contribution < 1.29 is 4.74 Å². The smallest absolute Gasteiger partial charge is 0.229 e. The average molecular weight is 307 g/mol. The van der Waals surface area contributed by atoms with E-state index >= 15 is 0 Å². The first-order valence-electron chi connectivity index (χ1n) is 7.20. The standard InChI is InChI=1S/C17H17N5O/c1-23-15-6-4-14(5-7-15)21-17-19-10-8-16(22-17)20-12-13-3-2-9-18-11-13/h2-11H,12H2,1H3,(H2,19,20,21,22). The topological polar surface area (TPSA) is 72.0 Å². The van der Waals surface area contributed by atoms with Gasteiger partial charge in [-0.25, -0.2) is 4.98 Å². The summed E-state index contributed by atoms with van der Waals surface area (Å²) < 4.78 is 5.14. The molecule has 0 unspecified atom stereocenters. The molecule has 0 fully saturated rings. The highest BCUT2D eigenvalue weighted by molar-refractivity contribution is 5.55. The second kappa shape index (κ2) is 7.22. The number of ether oxygens (including phenoxy) is 1. The van der Waals surface area contributed by atoms with Gasteiger partial charge in [-0.1, -0.05) is 6.07 Å². The maximum atomic E-state index is 5.14. The first-order chi connectivity index (χ1) is 11.3.